The second-order valence-electron chi connectivity index (χ2n) is 7.88. The monoisotopic (exact) mass is 405 g/mol. The van der Waals surface area contributed by atoms with Crippen LogP contribution in [-0.2, 0) is 14.8 Å². The summed E-state index contributed by atoms with van der Waals surface area (Å²) in [6.45, 7) is 0. The Balaban J connectivity index is 1.70. The van der Waals surface area contributed by atoms with E-state index in [0.717, 1.165) is 48.9 Å². The number of carbonyl (C=O) groups is 1. The molecule has 2 fully saturated rings. The average molecular weight is 406 g/mol. The van der Waals surface area contributed by atoms with Gasteiger partial charge in [0.2, 0.25) is 16.0 Å². The second kappa shape index (κ2) is 7.73. The van der Waals surface area contributed by atoms with Crippen LogP contribution in [0, 0.1) is 0 Å². The summed E-state index contributed by atoms with van der Waals surface area (Å²) in [4.78, 5) is 17.0. The van der Waals surface area contributed by atoms with Crippen molar-refractivity contribution >= 4 is 33.0 Å². The molecule has 28 heavy (non-hydrogen) atoms. The smallest absolute Gasteiger partial charge is 0.340 e. The summed E-state index contributed by atoms with van der Waals surface area (Å²) < 4.78 is 33.2. The van der Waals surface area contributed by atoms with Crippen LogP contribution in [0.1, 0.15) is 74.6 Å². The highest BCUT2D eigenvalue weighted by Crippen LogP contribution is 2.31. The first kappa shape index (κ1) is 19.2. The van der Waals surface area contributed by atoms with E-state index in [-0.39, 0.29) is 17.6 Å². The lowest BCUT2D eigenvalue weighted by atomic mass is 9.98. The molecule has 0 spiro atoms. The number of nitrogen functional groups attached to an aromatic ring is 1. The lowest BCUT2D eigenvalue weighted by Gasteiger charge is -2.23. The van der Waals surface area contributed by atoms with Crippen molar-refractivity contribution in [2.45, 2.75) is 75.6 Å². The van der Waals surface area contributed by atoms with Crippen molar-refractivity contribution in [3.8, 4) is 0 Å². The summed E-state index contributed by atoms with van der Waals surface area (Å²) in [5.74, 6) is -0.560. The van der Waals surface area contributed by atoms with Gasteiger partial charge in [0.25, 0.3) is 0 Å². The molecule has 2 N–H and O–H groups in total. The van der Waals surface area contributed by atoms with Gasteiger partial charge in [-0.1, -0.05) is 31.7 Å². The fraction of sp³-hybridized carbons (Fsp3) is 0.600. The lowest BCUT2D eigenvalue weighted by molar-refractivity contribution is 0.0213. The average Bonchev–Trinajstić information content (AvgIpc) is 3.05. The minimum atomic E-state index is -3.67. The van der Waals surface area contributed by atoms with Crippen LogP contribution in [0.3, 0.4) is 0 Å². The van der Waals surface area contributed by atoms with Gasteiger partial charge in [-0.25, -0.2) is 22.2 Å². The molecule has 8 heteroatoms. The second-order valence-corrected chi connectivity index (χ2v) is 9.94. The number of aromatic nitrogens is 2. The van der Waals surface area contributed by atoms with E-state index in [1.165, 1.54) is 6.42 Å². The maximum absolute atomic E-state index is 13.2. The molecule has 0 aliphatic heterocycles. The number of benzene rings is 1. The number of imidazole rings is 1. The number of ether oxygens (including phenoxy) is 1. The number of fused-ring (bicyclic) bond motifs is 1. The molecule has 1 aromatic carbocycles. The first-order chi connectivity index (χ1) is 13.5. The molecule has 2 saturated carbocycles. The van der Waals surface area contributed by atoms with Gasteiger partial charge in [-0.3, -0.25) is 0 Å². The van der Waals surface area contributed by atoms with Crippen LogP contribution in [0.25, 0.3) is 11.0 Å². The molecule has 7 nitrogen and oxygen atoms in total. The molecule has 4 rings (SSSR count). The van der Waals surface area contributed by atoms with Crippen molar-refractivity contribution in [3.05, 3.63) is 23.8 Å². The molecule has 2 aliphatic rings. The minimum Gasteiger partial charge on any atom is -0.459 e. The van der Waals surface area contributed by atoms with Gasteiger partial charge in [0, 0.05) is 0 Å². The summed E-state index contributed by atoms with van der Waals surface area (Å²) in [6, 6.07) is 4.93. The van der Waals surface area contributed by atoms with E-state index in [9.17, 15) is 13.2 Å². The van der Waals surface area contributed by atoms with Gasteiger partial charge >= 0.3 is 5.97 Å². The normalized spacial score (nSPS) is 19.7. The SMILES string of the molecule is Nc1nc2c(C(=O)OC3CCCCC3)cccc2n1S(=O)(=O)C1CCCCC1. The Bertz CT molecular complexity index is 971. The Hall–Kier alpha value is -2.09. The number of rotatable bonds is 4. The Morgan fingerprint density at radius 1 is 1.04 bits per heavy atom. The Labute approximate surface area is 165 Å². The molecule has 1 heterocycles. The van der Waals surface area contributed by atoms with E-state index in [2.05, 4.69) is 4.98 Å². The lowest BCUT2D eigenvalue weighted by Crippen LogP contribution is -2.30. The van der Waals surface area contributed by atoms with E-state index in [1.807, 2.05) is 0 Å². The van der Waals surface area contributed by atoms with Crippen LogP contribution in [-0.4, -0.2) is 34.7 Å². The summed E-state index contributed by atoms with van der Waals surface area (Å²) in [6.07, 6.45) is 9.06. The Morgan fingerprint density at radius 3 is 2.36 bits per heavy atom. The first-order valence-electron chi connectivity index (χ1n) is 10.2. The standard InChI is InChI=1S/C20H27N3O4S/c21-20-22-18-16(19(24)27-14-8-3-1-4-9-14)12-7-13-17(18)23(20)28(25,26)15-10-5-2-6-11-15/h7,12-15H,1-6,8-11H2,(H2,21,22). The number of hydrogen-bond donors (Lipinski definition) is 1. The number of anilines is 1. The highest BCUT2D eigenvalue weighted by Gasteiger charge is 2.33. The van der Waals surface area contributed by atoms with Gasteiger partial charge in [0.05, 0.1) is 16.3 Å². The number of carbonyl (C=O) groups excluding carboxylic acids is 1. The number of hydrogen-bond acceptors (Lipinski definition) is 6. The fourth-order valence-electron chi connectivity index (χ4n) is 4.44. The van der Waals surface area contributed by atoms with Crippen LogP contribution >= 0.6 is 0 Å². The molecular weight excluding hydrogens is 378 g/mol. The highest BCUT2D eigenvalue weighted by molar-refractivity contribution is 7.90. The van der Waals surface area contributed by atoms with Crippen LogP contribution < -0.4 is 5.73 Å². The van der Waals surface area contributed by atoms with Gasteiger partial charge in [-0.2, -0.15) is 0 Å². The first-order valence-corrected chi connectivity index (χ1v) is 11.7. The Morgan fingerprint density at radius 2 is 1.68 bits per heavy atom. The van der Waals surface area contributed by atoms with Crippen molar-refractivity contribution in [2.75, 3.05) is 5.73 Å². The van der Waals surface area contributed by atoms with Gasteiger partial charge in [-0.15, -0.1) is 0 Å². The fourth-order valence-corrected chi connectivity index (χ4v) is 6.39. The number of nitrogens with zero attached hydrogens (tertiary/aromatic N) is 2. The number of nitrogens with two attached hydrogens (primary N) is 1. The molecule has 0 saturated heterocycles. The third kappa shape index (κ3) is 3.50. The van der Waals surface area contributed by atoms with Crippen molar-refractivity contribution in [2.24, 2.45) is 0 Å². The molecule has 1 aromatic heterocycles. The molecule has 0 atom stereocenters. The van der Waals surface area contributed by atoms with Crippen molar-refractivity contribution in [1.82, 2.24) is 8.96 Å². The van der Waals surface area contributed by atoms with Crippen LogP contribution in [0.5, 0.6) is 0 Å². The van der Waals surface area contributed by atoms with Gasteiger partial charge in [-0.05, 0) is 50.7 Å². The summed E-state index contributed by atoms with van der Waals surface area (Å²) in [5, 5.41) is -0.459. The van der Waals surface area contributed by atoms with E-state index < -0.39 is 21.2 Å². The largest absolute Gasteiger partial charge is 0.459 e. The van der Waals surface area contributed by atoms with Crippen molar-refractivity contribution < 1.29 is 17.9 Å². The van der Waals surface area contributed by atoms with E-state index >= 15 is 0 Å². The number of para-hydroxylation sites is 1. The zero-order chi connectivity index (χ0) is 19.7. The zero-order valence-electron chi connectivity index (χ0n) is 16.0. The predicted octanol–water partition coefficient (Wildman–Crippen LogP) is 3.62. The van der Waals surface area contributed by atoms with Crippen LogP contribution in [0.4, 0.5) is 5.95 Å². The third-order valence-corrected chi connectivity index (χ3v) is 8.15. The van der Waals surface area contributed by atoms with Gasteiger partial charge in [0.15, 0.2) is 0 Å². The summed E-state index contributed by atoms with van der Waals surface area (Å²) in [5.41, 5.74) is 6.93. The van der Waals surface area contributed by atoms with E-state index in [1.54, 1.807) is 18.2 Å². The van der Waals surface area contributed by atoms with Gasteiger partial charge in [0.1, 0.15) is 11.6 Å². The van der Waals surface area contributed by atoms with E-state index in [4.69, 9.17) is 10.5 Å². The molecule has 0 radical (unpaired) electrons. The summed E-state index contributed by atoms with van der Waals surface area (Å²) in [7, 11) is -3.67. The Kier molecular flexibility index (Phi) is 5.31. The highest BCUT2D eigenvalue weighted by atomic mass is 32.2. The summed E-state index contributed by atoms with van der Waals surface area (Å²) >= 11 is 0. The maximum atomic E-state index is 13.2. The quantitative estimate of drug-likeness (QED) is 0.779. The van der Waals surface area contributed by atoms with E-state index in [0.29, 0.717) is 23.9 Å². The molecule has 2 aliphatic carbocycles. The number of esters is 1. The topological polar surface area (TPSA) is 104 Å². The van der Waals surface area contributed by atoms with Crippen molar-refractivity contribution in [3.63, 3.8) is 0 Å². The molecule has 0 unspecified atom stereocenters. The minimum absolute atomic E-state index is 0.0816. The maximum Gasteiger partial charge on any atom is 0.340 e. The van der Waals surface area contributed by atoms with Crippen LogP contribution in [0.2, 0.25) is 0 Å². The van der Waals surface area contributed by atoms with Gasteiger partial charge < -0.3 is 10.5 Å². The zero-order valence-corrected chi connectivity index (χ0v) is 16.8. The van der Waals surface area contributed by atoms with Crippen molar-refractivity contribution in [1.29, 1.82) is 0 Å². The predicted molar refractivity (Wildman–Crippen MR) is 108 cm³/mol. The molecule has 0 amide bonds. The third-order valence-electron chi connectivity index (χ3n) is 5.94. The van der Waals surface area contributed by atoms with Crippen LogP contribution in [0.15, 0.2) is 18.2 Å². The molecule has 152 valence electrons. The molecule has 2 aromatic rings. The molecule has 0 bridgehead atoms. The molecular formula is C20H27N3O4S.